The number of carbonyl (C=O) groups excluding carboxylic acids is 1. The van der Waals surface area contributed by atoms with E-state index in [1.807, 2.05) is 0 Å². The average Bonchev–Trinajstić information content (AvgIpc) is 2.95. The van der Waals surface area contributed by atoms with Crippen molar-refractivity contribution in [3.63, 3.8) is 0 Å². The standard InChI is InChI=1S/C11H18N2O.ClH/c14-9-4-7-10(5-2-1-3-6-10)8-11(9)12-13-11;/h12-13H,1-8H2;1H. The van der Waals surface area contributed by atoms with Gasteiger partial charge in [0.1, 0.15) is 0 Å². The number of Topliss-reactive ketones (excluding diaryl/α,β-unsaturated/α-hetero) is 1. The van der Waals surface area contributed by atoms with Crippen molar-refractivity contribution in [1.29, 1.82) is 0 Å². The highest BCUT2D eigenvalue weighted by Gasteiger charge is 2.56. The number of ketones is 1. The second kappa shape index (κ2) is 3.72. The quantitative estimate of drug-likeness (QED) is 0.625. The smallest absolute Gasteiger partial charge is 0.169 e. The van der Waals surface area contributed by atoms with Gasteiger partial charge in [-0.3, -0.25) is 4.79 Å². The minimum Gasteiger partial charge on any atom is -0.296 e. The minimum absolute atomic E-state index is 0. The van der Waals surface area contributed by atoms with Gasteiger partial charge >= 0.3 is 0 Å². The molecule has 0 aromatic carbocycles. The Morgan fingerprint density at radius 1 is 1.00 bits per heavy atom. The molecule has 0 unspecified atom stereocenters. The lowest BCUT2D eigenvalue weighted by atomic mass is 9.63. The van der Waals surface area contributed by atoms with Gasteiger partial charge in [-0.15, -0.1) is 12.4 Å². The van der Waals surface area contributed by atoms with Gasteiger partial charge in [-0.2, -0.15) is 0 Å². The van der Waals surface area contributed by atoms with Crippen molar-refractivity contribution >= 4 is 18.2 Å². The summed E-state index contributed by atoms with van der Waals surface area (Å²) in [6.45, 7) is 0. The van der Waals surface area contributed by atoms with Crippen LogP contribution in [-0.4, -0.2) is 11.4 Å². The Labute approximate surface area is 96.8 Å². The van der Waals surface area contributed by atoms with Crippen LogP contribution in [0.25, 0.3) is 0 Å². The highest BCUT2D eigenvalue weighted by molar-refractivity contribution is 5.91. The van der Waals surface area contributed by atoms with E-state index in [1.165, 1.54) is 32.1 Å². The molecule has 3 fully saturated rings. The zero-order chi connectivity index (χ0) is 9.65. The van der Waals surface area contributed by atoms with Crippen molar-refractivity contribution in [1.82, 2.24) is 10.9 Å². The van der Waals surface area contributed by atoms with Crippen LogP contribution in [0.5, 0.6) is 0 Å². The first-order valence-corrected chi connectivity index (χ1v) is 5.83. The fourth-order valence-corrected chi connectivity index (χ4v) is 3.37. The van der Waals surface area contributed by atoms with Gasteiger partial charge in [0.05, 0.1) is 0 Å². The van der Waals surface area contributed by atoms with Gasteiger partial charge < -0.3 is 0 Å². The Kier molecular flexibility index (Phi) is 2.82. The molecule has 0 atom stereocenters. The number of rotatable bonds is 0. The second-order valence-electron chi connectivity index (χ2n) is 5.32. The highest BCUT2D eigenvalue weighted by Crippen LogP contribution is 2.50. The first-order chi connectivity index (χ1) is 6.75. The SMILES string of the molecule is Cl.O=C1CCC2(CCCCC2)CC12NN2. The van der Waals surface area contributed by atoms with Gasteiger partial charge in [0, 0.05) is 6.42 Å². The van der Waals surface area contributed by atoms with Crippen molar-refractivity contribution in [2.45, 2.75) is 57.0 Å². The molecule has 4 heteroatoms. The highest BCUT2D eigenvalue weighted by atomic mass is 35.5. The molecule has 3 aliphatic rings. The van der Waals surface area contributed by atoms with Crippen LogP contribution in [0.2, 0.25) is 0 Å². The monoisotopic (exact) mass is 230 g/mol. The van der Waals surface area contributed by atoms with Crippen LogP contribution in [0, 0.1) is 5.41 Å². The van der Waals surface area contributed by atoms with Crippen LogP contribution in [0.15, 0.2) is 0 Å². The lowest BCUT2D eigenvalue weighted by Crippen LogP contribution is -2.44. The van der Waals surface area contributed by atoms with Gasteiger partial charge in [0.2, 0.25) is 0 Å². The Morgan fingerprint density at radius 3 is 2.27 bits per heavy atom. The molecule has 0 bridgehead atoms. The molecular formula is C11H19ClN2O. The normalized spacial score (nSPS) is 31.3. The Morgan fingerprint density at radius 2 is 1.67 bits per heavy atom. The molecule has 3 rings (SSSR count). The number of carbonyl (C=O) groups is 1. The molecular weight excluding hydrogens is 212 g/mol. The molecule has 0 aromatic rings. The Balaban J connectivity index is 0.000000853. The topological polar surface area (TPSA) is 61.0 Å². The third-order valence-corrected chi connectivity index (χ3v) is 4.34. The summed E-state index contributed by atoms with van der Waals surface area (Å²) in [4.78, 5) is 11.7. The van der Waals surface area contributed by atoms with Crippen molar-refractivity contribution < 1.29 is 4.79 Å². The Hall–Kier alpha value is -0.120. The molecule has 1 heterocycles. The summed E-state index contributed by atoms with van der Waals surface area (Å²) in [7, 11) is 0. The van der Waals surface area contributed by atoms with Crippen LogP contribution in [0.1, 0.15) is 51.4 Å². The van der Waals surface area contributed by atoms with Crippen LogP contribution in [-0.2, 0) is 4.79 Å². The largest absolute Gasteiger partial charge is 0.296 e. The molecule has 0 amide bonds. The third kappa shape index (κ3) is 1.81. The molecule has 1 aliphatic heterocycles. The number of hydrogen-bond donors (Lipinski definition) is 2. The van der Waals surface area contributed by atoms with E-state index in [-0.39, 0.29) is 18.1 Å². The summed E-state index contributed by atoms with van der Waals surface area (Å²) >= 11 is 0. The van der Waals surface area contributed by atoms with Crippen molar-refractivity contribution in [3.8, 4) is 0 Å². The van der Waals surface area contributed by atoms with E-state index < -0.39 is 0 Å². The average molecular weight is 231 g/mol. The van der Waals surface area contributed by atoms with E-state index in [4.69, 9.17) is 0 Å². The van der Waals surface area contributed by atoms with Gasteiger partial charge in [-0.05, 0) is 31.1 Å². The molecule has 2 spiro atoms. The second-order valence-corrected chi connectivity index (χ2v) is 5.32. The summed E-state index contributed by atoms with van der Waals surface area (Å²) in [6, 6.07) is 0. The molecule has 2 N–H and O–H groups in total. The minimum atomic E-state index is -0.282. The van der Waals surface area contributed by atoms with Crippen molar-refractivity contribution in [2.24, 2.45) is 5.41 Å². The fraction of sp³-hybridized carbons (Fsp3) is 0.909. The van der Waals surface area contributed by atoms with E-state index in [9.17, 15) is 4.79 Å². The van der Waals surface area contributed by atoms with Gasteiger partial charge in [-0.1, -0.05) is 19.3 Å². The van der Waals surface area contributed by atoms with Gasteiger partial charge in [0.25, 0.3) is 0 Å². The van der Waals surface area contributed by atoms with Crippen molar-refractivity contribution in [3.05, 3.63) is 0 Å². The summed E-state index contributed by atoms with van der Waals surface area (Å²) in [6.07, 6.45) is 9.75. The molecule has 2 aliphatic carbocycles. The zero-order valence-corrected chi connectivity index (χ0v) is 9.79. The third-order valence-electron chi connectivity index (χ3n) is 4.34. The molecule has 15 heavy (non-hydrogen) atoms. The summed E-state index contributed by atoms with van der Waals surface area (Å²) in [5.74, 6) is 0.383. The maximum atomic E-state index is 11.7. The van der Waals surface area contributed by atoms with Gasteiger partial charge in [-0.25, -0.2) is 10.9 Å². The maximum absolute atomic E-state index is 11.7. The lowest BCUT2D eigenvalue weighted by Gasteiger charge is -2.42. The molecule has 3 nitrogen and oxygen atoms in total. The predicted molar refractivity (Wildman–Crippen MR) is 60.6 cm³/mol. The first-order valence-electron chi connectivity index (χ1n) is 5.83. The van der Waals surface area contributed by atoms with Gasteiger partial charge in [0.15, 0.2) is 11.4 Å². The predicted octanol–water partition coefficient (Wildman–Crippen LogP) is 1.92. The van der Waals surface area contributed by atoms with Crippen LogP contribution in [0.4, 0.5) is 0 Å². The zero-order valence-electron chi connectivity index (χ0n) is 8.97. The molecule has 0 aromatic heterocycles. The number of hydrazine groups is 1. The number of hydrogen-bond acceptors (Lipinski definition) is 3. The van der Waals surface area contributed by atoms with Crippen molar-refractivity contribution in [2.75, 3.05) is 0 Å². The number of halogens is 1. The number of nitrogens with one attached hydrogen (secondary N) is 2. The molecule has 2 saturated carbocycles. The fourth-order valence-electron chi connectivity index (χ4n) is 3.37. The molecule has 86 valence electrons. The van der Waals surface area contributed by atoms with Crippen LogP contribution < -0.4 is 10.9 Å². The summed E-state index contributed by atoms with van der Waals surface area (Å²) < 4.78 is 0. The lowest BCUT2D eigenvalue weighted by molar-refractivity contribution is -0.126. The van der Waals surface area contributed by atoms with E-state index in [2.05, 4.69) is 10.9 Å². The summed E-state index contributed by atoms with van der Waals surface area (Å²) in [5, 5.41) is 0. The van der Waals surface area contributed by atoms with Crippen LogP contribution in [0.3, 0.4) is 0 Å². The van der Waals surface area contributed by atoms with E-state index >= 15 is 0 Å². The van der Waals surface area contributed by atoms with E-state index in [0.717, 1.165) is 19.3 Å². The Bertz CT molecular complexity index is 270. The van der Waals surface area contributed by atoms with Crippen LogP contribution >= 0.6 is 12.4 Å². The van der Waals surface area contributed by atoms with E-state index in [1.54, 1.807) is 0 Å². The molecule has 0 radical (unpaired) electrons. The molecule has 1 saturated heterocycles. The van der Waals surface area contributed by atoms with E-state index in [0.29, 0.717) is 11.2 Å². The summed E-state index contributed by atoms with van der Waals surface area (Å²) in [5.41, 5.74) is 6.35. The first kappa shape index (κ1) is 11.4. The maximum Gasteiger partial charge on any atom is 0.169 e.